The van der Waals surface area contributed by atoms with Gasteiger partial charge in [0.1, 0.15) is 0 Å². The highest BCUT2D eigenvalue weighted by atomic mass is 16.5. The zero-order valence-electron chi connectivity index (χ0n) is 15.8. The summed E-state index contributed by atoms with van der Waals surface area (Å²) in [6, 6.07) is 5.64. The Morgan fingerprint density at radius 1 is 1.31 bits per heavy atom. The van der Waals surface area contributed by atoms with Crippen molar-refractivity contribution < 1.29 is 14.3 Å². The van der Waals surface area contributed by atoms with E-state index in [9.17, 15) is 9.59 Å². The molecule has 0 spiro atoms. The fourth-order valence-corrected chi connectivity index (χ4v) is 3.69. The van der Waals surface area contributed by atoms with Crippen LogP contribution < -0.4 is 10.2 Å². The summed E-state index contributed by atoms with van der Waals surface area (Å²) in [6.07, 6.45) is 4.58. The summed E-state index contributed by atoms with van der Waals surface area (Å²) >= 11 is 0. The molecule has 0 unspecified atom stereocenters. The number of likely N-dealkylation sites (tertiary alicyclic amines) is 1. The summed E-state index contributed by atoms with van der Waals surface area (Å²) in [5.41, 5.74) is 2.60. The van der Waals surface area contributed by atoms with E-state index in [-0.39, 0.29) is 18.0 Å². The highest BCUT2D eigenvalue weighted by Gasteiger charge is 2.26. The Kier molecular flexibility index (Phi) is 6.14. The number of nitrogens with one attached hydrogen (secondary N) is 1. The predicted octanol–water partition coefficient (Wildman–Crippen LogP) is 3.54. The second-order valence-electron chi connectivity index (χ2n) is 7.11. The molecule has 2 aliphatic rings. The normalized spacial score (nSPS) is 20.5. The van der Waals surface area contributed by atoms with Crippen molar-refractivity contribution in [2.24, 2.45) is 0 Å². The largest absolute Gasteiger partial charge is 0.376 e. The van der Waals surface area contributed by atoms with E-state index in [0.29, 0.717) is 13.0 Å². The Balaban J connectivity index is 1.66. The minimum Gasteiger partial charge on any atom is -0.376 e. The van der Waals surface area contributed by atoms with Gasteiger partial charge in [-0.3, -0.25) is 4.79 Å². The fraction of sp³-hybridized carbons (Fsp3) is 0.600. The topological polar surface area (TPSA) is 61.9 Å². The molecule has 1 N–H and O–H groups in total. The minimum absolute atomic E-state index is 0.0946. The van der Waals surface area contributed by atoms with Crippen LogP contribution in [0.15, 0.2) is 18.2 Å². The Labute approximate surface area is 155 Å². The lowest BCUT2D eigenvalue weighted by molar-refractivity contribution is -0.117. The lowest BCUT2D eigenvalue weighted by Crippen LogP contribution is -2.45. The lowest BCUT2D eigenvalue weighted by atomic mass is 10.1. The van der Waals surface area contributed by atoms with E-state index in [1.807, 2.05) is 34.9 Å². The maximum absolute atomic E-state index is 12.7. The molecule has 3 rings (SSSR count). The minimum atomic E-state index is -0.0946. The summed E-state index contributed by atoms with van der Waals surface area (Å²) < 4.78 is 5.82. The first-order valence-corrected chi connectivity index (χ1v) is 9.67. The van der Waals surface area contributed by atoms with Crippen LogP contribution in [0.4, 0.5) is 16.2 Å². The van der Waals surface area contributed by atoms with Gasteiger partial charge in [0.2, 0.25) is 5.91 Å². The first kappa shape index (κ1) is 18.7. The van der Waals surface area contributed by atoms with Gasteiger partial charge in [-0.2, -0.15) is 0 Å². The number of benzene rings is 1. The van der Waals surface area contributed by atoms with Gasteiger partial charge < -0.3 is 19.9 Å². The van der Waals surface area contributed by atoms with E-state index in [1.165, 1.54) is 0 Å². The number of hydrogen-bond acceptors (Lipinski definition) is 3. The van der Waals surface area contributed by atoms with Gasteiger partial charge in [0.15, 0.2) is 0 Å². The van der Waals surface area contributed by atoms with E-state index in [0.717, 1.165) is 62.3 Å². The number of ether oxygens (including phenoxy) is 1. The summed E-state index contributed by atoms with van der Waals surface area (Å²) in [5, 5.41) is 3.03. The highest BCUT2D eigenvalue weighted by molar-refractivity contribution is 5.98. The van der Waals surface area contributed by atoms with Gasteiger partial charge in [-0.25, -0.2) is 4.79 Å². The van der Waals surface area contributed by atoms with Crippen molar-refractivity contribution in [3.05, 3.63) is 23.8 Å². The molecule has 26 heavy (non-hydrogen) atoms. The van der Waals surface area contributed by atoms with Gasteiger partial charge in [0.05, 0.1) is 6.10 Å². The monoisotopic (exact) mass is 359 g/mol. The maximum Gasteiger partial charge on any atom is 0.321 e. The quantitative estimate of drug-likeness (QED) is 0.875. The van der Waals surface area contributed by atoms with Crippen LogP contribution in [0.3, 0.4) is 0 Å². The number of urea groups is 1. The Bertz CT molecular complexity index is 662. The molecule has 0 aromatic heterocycles. The maximum atomic E-state index is 12.7. The van der Waals surface area contributed by atoms with Crippen LogP contribution in [0, 0.1) is 6.92 Å². The van der Waals surface area contributed by atoms with Crippen LogP contribution in [0.2, 0.25) is 0 Å². The van der Waals surface area contributed by atoms with Crippen LogP contribution in [0.5, 0.6) is 0 Å². The van der Waals surface area contributed by atoms with Gasteiger partial charge in [-0.15, -0.1) is 0 Å². The van der Waals surface area contributed by atoms with E-state index < -0.39 is 0 Å². The fourth-order valence-electron chi connectivity index (χ4n) is 3.69. The first-order valence-electron chi connectivity index (χ1n) is 9.67. The van der Waals surface area contributed by atoms with Gasteiger partial charge >= 0.3 is 6.03 Å². The van der Waals surface area contributed by atoms with E-state index in [1.54, 1.807) is 0 Å². The molecule has 1 aromatic rings. The Hall–Kier alpha value is -2.08. The number of anilines is 2. The van der Waals surface area contributed by atoms with E-state index >= 15 is 0 Å². The van der Waals surface area contributed by atoms with Crippen molar-refractivity contribution in [1.82, 2.24) is 4.90 Å². The molecule has 0 radical (unpaired) electrons. The van der Waals surface area contributed by atoms with Crippen molar-refractivity contribution in [2.75, 3.05) is 36.5 Å². The highest BCUT2D eigenvalue weighted by Crippen LogP contribution is 2.30. The molecule has 0 saturated carbocycles. The third kappa shape index (κ3) is 4.18. The molecule has 3 amide bonds. The number of carbonyl (C=O) groups is 2. The second kappa shape index (κ2) is 8.54. The molecule has 142 valence electrons. The third-order valence-electron chi connectivity index (χ3n) is 5.13. The van der Waals surface area contributed by atoms with Crippen molar-refractivity contribution >= 4 is 23.3 Å². The second-order valence-corrected chi connectivity index (χ2v) is 7.11. The van der Waals surface area contributed by atoms with Crippen molar-refractivity contribution in [3.63, 3.8) is 0 Å². The van der Waals surface area contributed by atoms with Gasteiger partial charge in [0, 0.05) is 44.0 Å². The lowest BCUT2D eigenvalue weighted by Gasteiger charge is -2.33. The predicted molar refractivity (Wildman–Crippen MR) is 103 cm³/mol. The van der Waals surface area contributed by atoms with Crippen LogP contribution in [-0.4, -0.2) is 49.2 Å². The summed E-state index contributed by atoms with van der Waals surface area (Å²) in [4.78, 5) is 28.4. The van der Waals surface area contributed by atoms with Crippen LogP contribution >= 0.6 is 0 Å². The van der Waals surface area contributed by atoms with E-state index in [4.69, 9.17) is 4.74 Å². The molecular weight excluding hydrogens is 330 g/mol. The smallest absolute Gasteiger partial charge is 0.321 e. The van der Waals surface area contributed by atoms with Crippen molar-refractivity contribution in [3.8, 4) is 0 Å². The number of amides is 3. The molecule has 0 bridgehead atoms. The summed E-state index contributed by atoms with van der Waals surface area (Å²) in [7, 11) is 0. The molecule has 1 aromatic carbocycles. The van der Waals surface area contributed by atoms with Gasteiger partial charge in [-0.05, 0) is 50.3 Å². The Morgan fingerprint density at radius 3 is 2.88 bits per heavy atom. The zero-order chi connectivity index (χ0) is 18.5. The molecule has 2 heterocycles. The van der Waals surface area contributed by atoms with E-state index in [2.05, 4.69) is 12.2 Å². The average Bonchev–Trinajstić information content (AvgIpc) is 3.07. The molecular formula is C20H29N3O3. The molecule has 0 aliphatic carbocycles. The molecule has 1 atom stereocenters. The SMILES string of the molecule is CCCO[C@@H]1CCCN(C(=O)Nc2cccc(N3CCCC3=O)c2C)C1. The number of nitrogens with zero attached hydrogens (tertiary/aromatic N) is 2. The summed E-state index contributed by atoms with van der Waals surface area (Å²) in [6.45, 7) is 6.93. The zero-order valence-corrected chi connectivity index (χ0v) is 15.8. The molecule has 2 fully saturated rings. The van der Waals surface area contributed by atoms with Crippen LogP contribution in [0.25, 0.3) is 0 Å². The van der Waals surface area contributed by atoms with Crippen LogP contribution in [0.1, 0.15) is 44.6 Å². The van der Waals surface area contributed by atoms with Crippen LogP contribution in [-0.2, 0) is 9.53 Å². The standard InChI is InChI=1S/C20H29N3O3/c1-3-13-26-16-7-5-11-22(14-16)20(25)21-17-8-4-9-18(15(17)2)23-12-6-10-19(23)24/h4,8-9,16H,3,5-7,10-14H2,1-2H3,(H,21,25)/t16-/m1/s1. The average molecular weight is 359 g/mol. The number of piperidine rings is 1. The first-order chi connectivity index (χ1) is 12.6. The molecule has 6 nitrogen and oxygen atoms in total. The molecule has 6 heteroatoms. The molecule has 2 aliphatic heterocycles. The third-order valence-corrected chi connectivity index (χ3v) is 5.13. The van der Waals surface area contributed by atoms with Gasteiger partial charge in [0.25, 0.3) is 0 Å². The van der Waals surface area contributed by atoms with Crippen molar-refractivity contribution in [2.45, 2.75) is 52.1 Å². The summed E-state index contributed by atoms with van der Waals surface area (Å²) in [5.74, 6) is 0.156. The van der Waals surface area contributed by atoms with Gasteiger partial charge in [-0.1, -0.05) is 13.0 Å². The molecule has 2 saturated heterocycles. The number of carbonyl (C=O) groups excluding carboxylic acids is 2. The Morgan fingerprint density at radius 2 is 2.15 bits per heavy atom. The van der Waals surface area contributed by atoms with Crippen molar-refractivity contribution in [1.29, 1.82) is 0 Å². The number of rotatable bonds is 5. The number of hydrogen-bond donors (Lipinski definition) is 1.